The molecule has 34 valence electrons. The zero-order chi connectivity index (χ0) is 3.41. The Hall–Kier alpha value is 1.06. The fraction of sp³-hybridized carbons (Fsp3) is 0.500. The minimum Gasteiger partial charge on any atom is -0.120 e. The van der Waals surface area contributed by atoms with Crippen LogP contribution in [0.1, 0.15) is 13.3 Å². The van der Waals surface area contributed by atoms with Crippen molar-refractivity contribution in [1.29, 1.82) is 0 Å². The van der Waals surface area contributed by atoms with Gasteiger partial charge in [-0.05, 0) is 0 Å². The van der Waals surface area contributed by atoms with Crippen molar-refractivity contribution in [3.05, 3.63) is 0 Å². The average Bonchev–Trinajstić information content (AvgIpc) is 1.37. The predicted molar refractivity (Wildman–Crippen MR) is 43.1 cm³/mol. The molecule has 0 aliphatic rings. The zero-order valence-corrected chi connectivity index (χ0v) is 5.52. The Morgan fingerprint density at radius 2 is 1.83 bits per heavy atom. The van der Waals surface area contributed by atoms with E-state index in [1.54, 1.807) is 0 Å². The number of hydrogen-bond acceptors (Lipinski definition) is 0. The molecule has 0 aromatic rings. The fourth-order valence-corrected chi connectivity index (χ4v) is 0. The van der Waals surface area contributed by atoms with Crippen LogP contribution in [0.15, 0.2) is 0 Å². The second-order valence-electron chi connectivity index (χ2n) is 0.558. The molecule has 0 aromatic carbocycles. The van der Waals surface area contributed by atoms with Crippen LogP contribution in [0.4, 0.5) is 0 Å². The molecule has 0 aromatic heterocycles. The van der Waals surface area contributed by atoms with E-state index >= 15 is 0 Å². The van der Waals surface area contributed by atoms with E-state index in [1.807, 2.05) is 6.92 Å². The Morgan fingerprint density at radius 3 is 1.83 bits per heavy atom. The molecule has 0 spiro atoms. The van der Waals surface area contributed by atoms with E-state index < -0.39 is 0 Å². The molecule has 0 amide bonds. The topological polar surface area (TPSA) is 0 Å². The van der Waals surface area contributed by atoms with Crippen molar-refractivity contribution in [2.75, 3.05) is 0 Å². The SMILES string of the molecule is C#CCC.I.[MgH2]. The van der Waals surface area contributed by atoms with Gasteiger partial charge in [-0.15, -0.1) is 36.3 Å². The second-order valence-corrected chi connectivity index (χ2v) is 0.558. The van der Waals surface area contributed by atoms with Gasteiger partial charge in [0.25, 0.3) is 0 Å². The van der Waals surface area contributed by atoms with Crippen molar-refractivity contribution < 1.29 is 0 Å². The van der Waals surface area contributed by atoms with E-state index in [0.717, 1.165) is 6.42 Å². The van der Waals surface area contributed by atoms with Gasteiger partial charge in [0.05, 0.1) is 0 Å². The molecule has 0 saturated heterocycles. The van der Waals surface area contributed by atoms with Crippen LogP contribution >= 0.6 is 24.0 Å². The smallest absolute Gasteiger partial charge is 0.120 e. The van der Waals surface area contributed by atoms with Crippen molar-refractivity contribution in [3.63, 3.8) is 0 Å². The van der Waals surface area contributed by atoms with Crippen LogP contribution < -0.4 is 0 Å². The van der Waals surface area contributed by atoms with Crippen LogP contribution in [0.3, 0.4) is 0 Å². The third-order valence-electron chi connectivity index (χ3n) is 0.204. The van der Waals surface area contributed by atoms with Crippen molar-refractivity contribution in [1.82, 2.24) is 0 Å². The molecule has 0 nitrogen and oxygen atoms in total. The van der Waals surface area contributed by atoms with E-state index in [4.69, 9.17) is 6.42 Å². The number of hydrogen-bond donors (Lipinski definition) is 0. The van der Waals surface area contributed by atoms with E-state index in [1.165, 1.54) is 0 Å². The summed E-state index contributed by atoms with van der Waals surface area (Å²) in [5, 5.41) is 0. The average molecular weight is 208 g/mol. The minimum atomic E-state index is 0. The zero-order valence-electron chi connectivity index (χ0n) is 3.19. The van der Waals surface area contributed by atoms with Crippen molar-refractivity contribution >= 4 is 47.0 Å². The number of rotatable bonds is 0. The summed E-state index contributed by atoms with van der Waals surface area (Å²) in [6.07, 6.45) is 5.62. The van der Waals surface area contributed by atoms with Crippen LogP contribution in [0, 0.1) is 12.3 Å². The van der Waals surface area contributed by atoms with Gasteiger partial charge in [0, 0.05) is 6.42 Å². The Labute approximate surface area is 72.2 Å². The molecule has 0 heterocycles. The quantitative estimate of drug-likeness (QED) is 0.313. The van der Waals surface area contributed by atoms with E-state index in [-0.39, 0.29) is 47.0 Å². The molecular formula is C4H9IMg. The lowest BCUT2D eigenvalue weighted by Gasteiger charge is -1.52. The first-order chi connectivity index (χ1) is 1.91. The Bertz CT molecular complexity index is 37.3. The summed E-state index contributed by atoms with van der Waals surface area (Å²) in [6.45, 7) is 1.94. The number of halogens is 1. The van der Waals surface area contributed by atoms with Crippen molar-refractivity contribution in [2.24, 2.45) is 0 Å². The lowest BCUT2D eigenvalue weighted by atomic mass is 10.5. The highest BCUT2D eigenvalue weighted by Crippen LogP contribution is 1.58. The Kier molecular flexibility index (Phi) is 43.5. The molecule has 0 rings (SSSR count). The van der Waals surface area contributed by atoms with Gasteiger partial charge in [-0.3, -0.25) is 0 Å². The normalized spacial score (nSPS) is 3.33. The maximum Gasteiger partial charge on any atom is 0.316 e. The largest absolute Gasteiger partial charge is 0.316 e. The monoisotopic (exact) mass is 208 g/mol. The number of terminal acetylenes is 1. The molecule has 0 atom stereocenters. The predicted octanol–water partition coefficient (Wildman–Crippen LogP) is 0.731. The third-order valence-corrected chi connectivity index (χ3v) is 0.204. The second kappa shape index (κ2) is 16.6. The van der Waals surface area contributed by atoms with Crippen LogP contribution in [-0.2, 0) is 0 Å². The summed E-state index contributed by atoms with van der Waals surface area (Å²) >= 11 is 0. The molecular weight excluding hydrogens is 199 g/mol. The summed E-state index contributed by atoms with van der Waals surface area (Å²) in [7, 11) is 0. The molecule has 0 bridgehead atoms. The summed E-state index contributed by atoms with van der Waals surface area (Å²) in [4.78, 5) is 0. The van der Waals surface area contributed by atoms with Gasteiger partial charge >= 0.3 is 23.1 Å². The van der Waals surface area contributed by atoms with Gasteiger partial charge in [-0.2, -0.15) is 0 Å². The first-order valence-electron chi connectivity index (χ1n) is 1.35. The highest BCUT2D eigenvalue weighted by molar-refractivity contribution is 14.0. The molecule has 0 unspecified atom stereocenters. The third kappa shape index (κ3) is 19.7. The van der Waals surface area contributed by atoms with Crippen LogP contribution in [0.2, 0.25) is 0 Å². The first-order valence-corrected chi connectivity index (χ1v) is 1.35. The van der Waals surface area contributed by atoms with Gasteiger partial charge < -0.3 is 0 Å². The first kappa shape index (κ1) is 15.7. The highest BCUT2D eigenvalue weighted by Gasteiger charge is 1.43. The van der Waals surface area contributed by atoms with Crippen molar-refractivity contribution in [2.45, 2.75) is 13.3 Å². The van der Waals surface area contributed by atoms with Crippen molar-refractivity contribution in [3.8, 4) is 12.3 Å². The van der Waals surface area contributed by atoms with Crippen LogP contribution in [-0.4, -0.2) is 23.1 Å². The van der Waals surface area contributed by atoms with Gasteiger partial charge in [-0.25, -0.2) is 0 Å². The Balaban J connectivity index is -0.0000000450. The fourth-order valence-electron chi connectivity index (χ4n) is 0. The van der Waals surface area contributed by atoms with E-state index in [2.05, 4.69) is 5.92 Å². The highest BCUT2D eigenvalue weighted by atomic mass is 127. The molecule has 0 saturated carbocycles. The molecule has 2 heteroatoms. The van der Waals surface area contributed by atoms with Crippen LogP contribution in [0.25, 0.3) is 0 Å². The minimum absolute atomic E-state index is 0. The standard InChI is InChI=1S/C4H6.HI.Mg.2H/c1-3-4-2;;;;/h1H,4H2,2H3;1H;;;. The molecule has 0 fully saturated rings. The molecule has 0 aliphatic carbocycles. The summed E-state index contributed by atoms with van der Waals surface area (Å²) < 4.78 is 0. The van der Waals surface area contributed by atoms with Gasteiger partial charge in [0.1, 0.15) is 0 Å². The summed E-state index contributed by atoms with van der Waals surface area (Å²) in [5.74, 6) is 2.43. The maximum absolute atomic E-state index is 4.78. The molecule has 6 heavy (non-hydrogen) atoms. The van der Waals surface area contributed by atoms with Gasteiger partial charge in [0.2, 0.25) is 0 Å². The van der Waals surface area contributed by atoms with Crippen LogP contribution in [0.5, 0.6) is 0 Å². The molecule has 0 radical (unpaired) electrons. The molecule has 0 aliphatic heterocycles. The summed E-state index contributed by atoms with van der Waals surface area (Å²) in [6, 6.07) is 0. The van der Waals surface area contributed by atoms with E-state index in [0.29, 0.717) is 0 Å². The summed E-state index contributed by atoms with van der Waals surface area (Å²) in [5.41, 5.74) is 0. The maximum atomic E-state index is 4.78. The lowest BCUT2D eigenvalue weighted by Crippen LogP contribution is -1.38. The lowest BCUT2D eigenvalue weighted by molar-refractivity contribution is 1.28. The van der Waals surface area contributed by atoms with Gasteiger partial charge in [-0.1, -0.05) is 6.92 Å². The molecule has 0 N–H and O–H groups in total. The van der Waals surface area contributed by atoms with Gasteiger partial charge in [0.15, 0.2) is 0 Å². The Morgan fingerprint density at radius 1 is 1.67 bits per heavy atom. The van der Waals surface area contributed by atoms with E-state index in [9.17, 15) is 0 Å².